The molecule has 0 aromatic heterocycles. The van der Waals surface area contributed by atoms with E-state index in [0.717, 1.165) is 89.9 Å². The number of hydrogen-bond donors (Lipinski definition) is 4. The van der Waals surface area contributed by atoms with E-state index >= 15 is 0 Å². The molecule has 0 bridgehead atoms. The standard InChI is InChI=1S/C51H78O10/c1-3-5-7-9-11-13-15-17-19-21-22-24-26-28-30-32-34-36-38-40-47(54)60-44(43-59-51-50(57)49(56)48(55)45(41-52)61-51)42-58-46(53)39-37-35-33-31-29-27-25-23-20-18-16-14-12-10-8-6-4-2/h5-8,11-14,17-20,22,24-25,27-28,30,34,36,44-45,48-52,55-57H,3-4,9-10,15-16,21,23,26,29,31-33,35,37-43H2,1-2H3/b7-5-,8-6-,13-11-,14-12-,19-17-,20-18-,24-22-,27-25-,30-28-,36-34-. The van der Waals surface area contributed by atoms with Gasteiger partial charge in [0, 0.05) is 12.8 Å². The molecule has 6 unspecified atom stereocenters. The Balaban J connectivity index is 2.42. The predicted octanol–water partition coefficient (Wildman–Crippen LogP) is 9.88. The zero-order chi connectivity index (χ0) is 44.4. The summed E-state index contributed by atoms with van der Waals surface area (Å²) in [5.41, 5.74) is 0. The number of aliphatic hydroxyl groups excluding tert-OH is 4. The Morgan fingerprint density at radius 1 is 0.508 bits per heavy atom. The molecule has 61 heavy (non-hydrogen) atoms. The molecule has 1 aliphatic rings. The number of aliphatic hydroxyl groups is 4. The molecule has 0 saturated carbocycles. The number of carbonyl (C=O) groups is 2. The Labute approximate surface area is 367 Å². The van der Waals surface area contributed by atoms with Crippen molar-refractivity contribution in [3.63, 3.8) is 0 Å². The zero-order valence-corrected chi connectivity index (χ0v) is 37.1. The molecular weight excluding hydrogens is 773 g/mol. The highest BCUT2D eigenvalue weighted by atomic mass is 16.7. The fourth-order valence-corrected chi connectivity index (χ4v) is 5.85. The summed E-state index contributed by atoms with van der Waals surface area (Å²) in [7, 11) is 0. The molecule has 6 atom stereocenters. The van der Waals surface area contributed by atoms with E-state index in [4.69, 9.17) is 18.9 Å². The van der Waals surface area contributed by atoms with Crippen LogP contribution in [-0.4, -0.2) is 89.0 Å². The molecule has 1 saturated heterocycles. The van der Waals surface area contributed by atoms with E-state index in [2.05, 4.69) is 123 Å². The lowest BCUT2D eigenvalue weighted by Gasteiger charge is -2.39. The van der Waals surface area contributed by atoms with Gasteiger partial charge >= 0.3 is 11.9 Å². The maximum atomic E-state index is 12.8. The van der Waals surface area contributed by atoms with Gasteiger partial charge in [-0.3, -0.25) is 9.59 Å². The molecule has 0 amide bonds. The number of allylic oxidation sites excluding steroid dienone is 20. The van der Waals surface area contributed by atoms with Crippen molar-refractivity contribution in [2.75, 3.05) is 19.8 Å². The normalized spacial score (nSPS) is 20.9. The SMILES string of the molecule is CC/C=C\C/C=C\C/C=C\C/C=C\C/C=C\C/C=C\CCC(=O)OC(COC(=O)CCCCCC/C=C\C/C=C\C/C=C\C/C=C\CC)COC1OC(CO)C(O)C(O)C1O. The number of ether oxygens (including phenoxy) is 4. The van der Waals surface area contributed by atoms with Gasteiger partial charge in [-0.2, -0.15) is 0 Å². The molecule has 1 fully saturated rings. The van der Waals surface area contributed by atoms with E-state index in [0.29, 0.717) is 12.8 Å². The minimum Gasteiger partial charge on any atom is -0.462 e. The van der Waals surface area contributed by atoms with Gasteiger partial charge in [0.05, 0.1) is 13.2 Å². The number of rotatable bonds is 35. The first-order valence-corrected chi connectivity index (χ1v) is 22.6. The molecular formula is C51H78O10. The van der Waals surface area contributed by atoms with Gasteiger partial charge in [-0.15, -0.1) is 0 Å². The van der Waals surface area contributed by atoms with Gasteiger partial charge in [-0.25, -0.2) is 0 Å². The molecule has 10 heteroatoms. The second-order valence-corrected chi connectivity index (χ2v) is 14.7. The van der Waals surface area contributed by atoms with Crippen LogP contribution in [0.1, 0.15) is 129 Å². The van der Waals surface area contributed by atoms with Crippen molar-refractivity contribution in [3.8, 4) is 0 Å². The fourth-order valence-electron chi connectivity index (χ4n) is 5.85. The third-order valence-electron chi connectivity index (χ3n) is 9.36. The van der Waals surface area contributed by atoms with E-state index < -0.39 is 55.4 Å². The number of esters is 2. The molecule has 1 aliphatic heterocycles. The first-order chi connectivity index (χ1) is 29.8. The molecule has 0 radical (unpaired) electrons. The van der Waals surface area contributed by atoms with Crippen LogP contribution in [0.5, 0.6) is 0 Å². The first-order valence-electron chi connectivity index (χ1n) is 22.6. The Bertz CT molecular complexity index is 1400. The zero-order valence-electron chi connectivity index (χ0n) is 37.1. The van der Waals surface area contributed by atoms with Crippen molar-refractivity contribution in [1.82, 2.24) is 0 Å². The molecule has 4 N–H and O–H groups in total. The Hall–Kier alpha value is -3.90. The molecule has 0 aromatic carbocycles. The Kier molecular flexibility index (Phi) is 36.3. The monoisotopic (exact) mass is 851 g/mol. The summed E-state index contributed by atoms with van der Waals surface area (Å²) in [6, 6.07) is 0. The predicted molar refractivity (Wildman–Crippen MR) is 246 cm³/mol. The van der Waals surface area contributed by atoms with Crippen LogP contribution in [0.25, 0.3) is 0 Å². The van der Waals surface area contributed by atoms with Crippen LogP contribution in [-0.2, 0) is 28.5 Å². The second kappa shape index (κ2) is 40.2. The van der Waals surface area contributed by atoms with Crippen molar-refractivity contribution in [3.05, 3.63) is 122 Å². The van der Waals surface area contributed by atoms with Gasteiger partial charge < -0.3 is 39.4 Å². The van der Waals surface area contributed by atoms with Crippen molar-refractivity contribution in [2.24, 2.45) is 0 Å². The molecule has 0 spiro atoms. The van der Waals surface area contributed by atoms with E-state index in [1.807, 2.05) is 12.2 Å². The van der Waals surface area contributed by atoms with E-state index in [1.165, 1.54) is 0 Å². The smallest absolute Gasteiger partial charge is 0.306 e. The van der Waals surface area contributed by atoms with Crippen molar-refractivity contribution in [2.45, 2.75) is 166 Å². The lowest BCUT2D eigenvalue weighted by molar-refractivity contribution is -0.305. The Morgan fingerprint density at radius 3 is 1.43 bits per heavy atom. The largest absolute Gasteiger partial charge is 0.462 e. The van der Waals surface area contributed by atoms with Crippen LogP contribution in [0, 0.1) is 0 Å². The maximum Gasteiger partial charge on any atom is 0.306 e. The third kappa shape index (κ3) is 31.6. The van der Waals surface area contributed by atoms with Crippen LogP contribution in [0.15, 0.2) is 122 Å². The molecule has 1 heterocycles. The maximum absolute atomic E-state index is 12.8. The van der Waals surface area contributed by atoms with Crippen molar-refractivity contribution >= 4 is 11.9 Å². The summed E-state index contributed by atoms with van der Waals surface area (Å²) in [5, 5.41) is 40.1. The highest BCUT2D eigenvalue weighted by Gasteiger charge is 2.44. The van der Waals surface area contributed by atoms with Gasteiger partial charge in [-0.05, 0) is 89.9 Å². The van der Waals surface area contributed by atoms with Gasteiger partial charge in [0.25, 0.3) is 0 Å². The minimum atomic E-state index is -1.62. The summed E-state index contributed by atoms with van der Waals surface area (Å²) in [5.74, 6) is -0.947. The molecule has 1 rings (SSSR count). The fraction of sp³-hybridized carbons (Fsp3) is 0.569. The van der Waals surface area contributed by atoms with Crippen LogP contribution in [0.2, 0.25) is 0 Å². The van der Waals surface area contributed by atoms with E-state index in [1.54, 1.807) is 0 Å². The number of hydrogen-bond acceptors (Lipinski definition) is 10. The van der Waals surface area contributed by atoms with Gasteiger partial charge in [0.1, 0.15) is 31.0 Å². The lowest BCUT2D eigenvalue weighted by Crippen LogP contribution is -2.59. The quantitative estimate of drug-likeness (QED) is 0.0276. The Morgan fingerprint density at radius 2 is 0.951 bits per heavy atom. The van der Waals surface area contributed by atoms with E-state index in [-0.39, 0.29) is 26.1 Å². The van der Waals surface area contributed by atoms with Crippen LogP contribution >= 0.6 is 0 Å². The third-order valence-corrected chi connectivity index (χ3v) is 9.36. The van der Waals surface area contributed by atoms with Gasteiger partial charge in [0.15, 0.2) is 12.4 Å². The lowest BCUT2D eigenvalue weighted by atomic mass is 9.99. The second-order valence-electron chi connectivity index (χ2n) is 14.7. The number of carbonyl (C=O) groups excluding carboxylic acids is 2. The number of unbranched alkanes of at least 4 members (excludes halogenated alkanes) is 4. The summed E-state index contributed by atoms with van der Waals surface area (Å²) < 4.78 is 22.0. The molecule has 0 aromatic rings. The molecule has 342 valence electrons. The van der Waals surface area contributed by atoms with Crippen LogP contribution in [0.3, 0.4) is 0 Å². The van der Waals surface area contributed by atoms with Gasteiger partial charge in [-0.1, -0.05) is 148 Å². The summed E-state index contributed by atoms with van der Waals surface area (Å²) >= 11 is 0. The average molecular weight is 851 g/mol. The van der Waals surface area contributed by atoms with Crippen LogP contribution < -0.4 is 0 Å². The summed E-state index contributed by atoms with van der Waals surface area (Å²) in [6.07, 6.45) is 49.3. The minimum absolute atomic E-state index is 0.0908. The summed E-state index contributed by atoms with van der Waals surface area (Å²) in [6.45, 7) is 3.07. The van der Waals surface area contributed by atoms with Gasteiger partial charge in [0.2, 0.25) is 0 Å². The van der Waals surface area contributed by atoms with Crippen molar-refractivity contribution in [1.29, 1.82) is 0 Å². The molecule has 0 aliphatic carbocycles. The van der Waals surface area contributed by atoms with E-state index in [9.17, 15) is 30.0 Å². The van der Waals surface area contributed by atoms with Crippen LogP contribution in [0.4, 0.5) is 0 Å². The molecule has 10 nitrogen and oxygen atoms in total. The summed E-state index contributed by atoms with van der Waals surface area (Å²) in [4.78, 5) is 25.3. The average Bonchev–Trinajstić information content (AvgIpc) is 3.26. The topological polar surface area (TPSA) is 152 Å². The first kappa shape index (κ1) is 55.1. The van der Waals surface area contributed by atoms with Crippen molar-refractivity contribution < 1.29 is 49.0 Å². The highest BCUT2D eigenvalue weighted by molar-refractivity contribution is 5.70. The highest BCUT2D eigenvalue weighted by Crippen LogP contribution is 2.22.